The van der Waals surface area contributed by atoms with Gasteiger partial charge in [0.05, 0.1) is 18.1 Å². The summed E-state index contributed by atoms with van der Waals surface area (Å²) in [4.78, 5) is 9.93. The lowest BCUT2D eigenvalue weighted by Crippen LogP contribution is -2.22. The Morgan fingerprint density at radius 3 is 2.85 bits per heavy atom. The lowest BCUT2D eigenvalue weighted by Gasteiger charge is -2.17. The van der Waals surface area contributed by atoms with E-state index in [-0.39, 0.29) is 12.2 Å². The number of hydrogen-bond donors (Lipinski definition) is 1. The molecular formula is C14H19FN2O3. The highest BCUT2D eigenvalue weighted by Gasteiger charge is 2.26. The fraction of sp³-hybridized carbons (Fsp3) is 0.571. The van der Waals surface area contributed by atoms with Crippen molar-refractivity contribution in [3.63, 3.8) is 0 Å². The van der Waals surface area contributed by atoms with Gasteiger partial charge in [0.25, 0.3) is 0 Å². The largest absolute Gasteiger partial charge is 0.376 e. The van der Waals surface area contributed by atoms with Crippen LogP contribution in [0.3, 0.4) is 0 Å². The molecule has 110 valence electrons. The molecule has 6 heteroatoms. The van der Waals surface area contributed by atoms with Gasteiger partial charge in [0.15, 0.2) is 0 Å². The first-order chi connectivity index (χ1) is 9.63. The van der Waals surface area contributed by atoms with Crippen molar-refractivity contribution >= 4 is 5.69 Å². The number of hydrogen-bond acceptors (Lipinski definition) is 4. The van der Waals surface area contributed by atoms with E-state index in [2.05, 4.69) is 0 Å². The minimum Gasteiger partial charge on any atom is -0.376 e. The Hall–Kier alpha value is -1.53. The van der Waals surface area contributed by atoms with Crippen LogP contribution < -0.4 is 5.73 Å². The highest BCUT2D eigenvalue weighted by molar-refractivity contribution is 5.36. The molecule has 0 radical (unpaired) electrons. The zero-order valence-corrected chi connectivity index (χ0v) is 11.3. The second-order valence-electron chi connectivity index (χ2n) is 5.21. The molecular weight excluding hydrogens is 263 g/mol. The molecule has 1 aromatic rings. The molecule has 5 nitrogen and oxygen atoms in total. The lowest BCUT2D eigenvalue weighted by molar-refractivity contribution is -0.387. The Morgan fingerprint density at radius 2 is 2.15 bits per heavy atom. The Balaban J connectivity index is 1.91. The predicted octanol–water partition coefficient (Wildman–Crippen LogP) is 2.63. The Kier molecular flexibility index (Phi) is 5.03. The maximum atomic E-state index is 13.8. The van der Waals surface area contributed by atoms with Crippen molar-refractivity contribution in [2.75, 3.05) is 13.2 Å². The average molecular weight is 282 g/mol. The van der Waals surface area contributed by atoms with Gasteiger partial charge >= 0.3 is 5.69 Å². The van der Waals surface area contributed by atoms with E-state index in [9.17, 15) is 14.5 Å². The number of nitrogens with two attached hydrogens (primary N) is 1. The van der Waals surface area contributed by atoms with Crippen molar-refractivity contribution in [3.8, 4) is 0 Å². The van der Waals surface area contributed by atoms with Gasteiger partial charge in [0.2, 0.25) is 5.82 Å². The van der Waals surface area contributed by atoms with Gasteiger partial charge in [-0.1, -0.05) is 18.6 Å². The van der Waals surface area contributed by atoms with Gasteiger partial charge in [0.1, 0.15) is 0 Å². The van der Waals surface area contributed by atoms with Crippen molar-refractivity contribution < 1.29 is 14.1 Å². The summed E-state index contributed by atoms with van der Waals surface area (Å²) in [7, 11) is 0. The van der Waals surface area contributed by atoms with Crippen molar-refractivity contribution in [1.29, 1.82) is 0 Å². The number of nitro benzene ring substituents is 1. The maximum Gasteiger partial charge on any atom is 0.305 e. The predicted molar refractivity (Wildman–Crippen MR) is 72.6 cm³/mol. The fourth-order valence-electron chi connectivity index (χ4n) is 2.78. The van der Waals surface area contributed by atoms with Crippen molar-refractivity contribution in [1.82, 2.24) is 0 Å². The summed E-state index contributed by atoms with van der Waals surface area (Å²) in [5.74, 6) is 0.0889. The molecule has 1 fully saturated rings. The van der Waals surface area contributed by atoms with Gasteiger partial charge in [-0.2, -0.15) is 4.39 Å². The van der Waals surface area contributed by atoms with Crippen LogP contribution in [0.4, 0.5) is 10.1 Å². The molecule has 20 heavy (non-hydrogen) atoms. The summed E-state index contributed by atoms with van der Waals surface area (Å²) in [6, 6.07) is 4.13. The molecule has 2 unspecified atom stereocenters. The van der Waals surface area contributed by atoms with E-state index in [1.165, 1.54) is 12.1 Å². The van der Waals surface area contributed by atoms with E-state index in [4.69, 9.17) is 10.5 Å². The van der Waals surface area contributed by atoms with Gasteiger partial charge in [-0.25, -0.2) is 0 Å². The molecule has 0 spiro atoms. The molecule has 0 heterocycles. The van der Waals surface area contributed by atoms with Gasteiger partial charge in [0, 0.05) is 11.6 Å². The Labute approximate surface area is 117 Å². The minimum absolute atomic E-state index is 0.0568. The third-order valence-corrected chi connectivity index (χ3v) is 3.96. The van der Waals surface area contributed by atoms with E-state index in [0.717, 1.165) is 25.3 Å². The molecule has 0 bridgehead atoms. The summed E-state index contributed by atoms with van der Waals surface area (Å²) in [5, 5.41) is 10.6. The number of nitrogens with zero attached hydrogens (tertiary/aromatic N) is 1. The van der Waals surface area contributed by atoms with Crippen LogP contribution in [-0.4, -0.2) is 18.1 Å². The summed E-state index contributed by atoms with van der Waals surface area (Å²) < 4.78 is 19.4. The molecule has 0 aromatic heterocycles. The average Bonchev–Trinajstić information content (AvgIpc) is 2.88. The standard InChI is InChI=1S/C14H19FN2O3/c15-14-12(5-2-6-13(14)17(18)19)9-20-8-11-4-1-3-10(11)7-16/h2,5-6,10-11H,1,3-4,7-9,16H2. The van der Waals surface area contributed by atoms with Gasteiger partial charge < -0.3 is 10.5 Å². The van der Waals surface area contributed by atoms with Crippen LogP contribution in [0.15, 0.2) is 18.2 Å². The Morgan fingerprint density at radius 1 is 1.40 bits per heavy atom. The summed E-state index contributed by atoms with van der Waals surface area (Å²) >= 11 is 0. The van der Waals surface area contributed by atoms with Crippen LogP contribution in [-0.2, 0) is 11.3 Å². The first-order valence-electron chi connectivity index (χ1n) is 6.83. The zero-order valence-electron chi connectivity index (χ0n) is 11.3. The van der Waals surface area contributed by atoms with Crippen LogP contribution in [0, 0.1) is 27.8 Å². The monoisotopic (exact) mass is 282 g/mol. The summed E-state index contributed by atoms with van der Waals surface area (Å²) in [6.07, 6.45) is 3.36. The molecule has 0 saturated heterocycles. The van der Waals surface area contributed by atoms with Crippen LogP contribution in [0.1, 0.15) is 24.8 Å². The highest BCUT2D eigenvalue weighted by atomic mass is 19.1. The smallest absolute Gasteiger partial charge is 0.305 e. The SMILES string of the molecule is NCC1CCCC1COCc1cccc([N+](=O)[O-])c1F. The van der Waals surface area contributed by atoms with Crippen LogP contribution in [0.5, 0.6) is 0 Å². The molecule has 2 atom stereocenters. The second-order valence-corrected chi connectivity index (χ2v) is 5.21. The summed E-state index contributed by atoms with van der Waals surface area (Å²) in [6.45, 7) is 1.24. The normalized spacial score (nSPS) is 22.1. The molecule has 0 aliphatic heterocycles. The highest BCUT2D eigenvalue weighted by Crippen LogP contribution is 2.31. The van der Waals surface area contributed by atoms with Gasteiger partial charge in [-0.15, -0.1) is 0 Å². The number of benzene rings is 1. The zero-order chi connectivity index (χ0) is 14.5. The molecule has 2 N–H and O–H groups in total. The second kappa shape index (κ2) is 6.76. The van der Waals surface area contributed by atoms with Crippen molar-refractivity contribution in [2.45, 2.75) is 25.9 Å². The fourth-order valence-corrected chi connectivity index (χ4v) is 2.78. The number of halogens is 1. The van der Waals surface area contributed by atoms with Crippen molar-refractivity contribution in [3.05, 3.63) is 39.7 Å². The van der Waals surface area contributed by atoms with Crippen LogP contribution >= 0.6 is 0 Å². The van der Waals surface area contributed by atoms with E-state index in [1.807, 2.05) is 0 Å². The third-order valence-electron chi connectivity index (χ3n) is 3.96. The molecule has 1 aromatic carbocycles. The van der Waals surface area contributed by atoms with E-state index in [1.54, 1.807) is 0 Å². The topological polar surface area (TPSA) is 78.4 Å². The molecule has 1 saturated carbocycles. The van der Waals surface area contributed by atoms with E-state index >= 15 is 0 Å². The number of rotatable bonds is 6. The molecule has 1 aliphatic carbocycles. The number of nitro groups is 1. The maximum absolute atomic E-state index is 13.8. The molecule has 1 aliphatic rings. The van der Waals surface area contributed by atoms with E-state index < -0.39 is 16.4 Å². The molecule has 0 amide bonds. The quantitative estimate of drug-likeness (QED) is 0.642. The van der Waals surface area contributed by atoms with Gasteiger partial charge in [-0.3, -0.25) is 10.1 Å². The molecule has 2 rings (SSSR count). The third kappa shape index (κ3) is 3.32. The van der Waals surface area contributed by atoms with Crippen molar-refractivity contribution in [2.24, 2.45) is 17.6 Å². The number of ether oxygens (including phenoxy) is 1. The Bertz CT molecular complexity index is 481. The lowest BCUT2D eigenvalue weighted by atomic mass is 9.97. The summed E-state index contributed by atoms with van der Waals surface area (Å²) in [5.41, 5.74) is 5.41. The van der Waals surface area contributed by atoms with E-state index in [0.29, 0.717) is 25.0 Å². The minimum atomic E-state index is -0.806. The first kappa shape index (κ1) is 14.9. The van der Waals surface area contributed by atoms with Gasteiger partial charge in [-0.05, 0) is 31.2 Å². The van der Waals surface area contributed by atoms with Crippen LogP contribution in [0.25, 0.3) is 0 Å². The van der Waals surface area contributed by atoms with Crippen LogP contribution in [0.2, 0.25) is 0 Å². The first-order valence-corrected chi connectivity index (χ1v) is 6.83.